The zero-order chi connectivity index (χ0) is 8.39. The predicted molar refractivity (Wildman–Crippen MR) is 52.0 cm³/mol. The highest BCUT2D eigenvalue weighted by molar-refractivity contribution is 5.07. The van der Waals surface area contributed by atoms with Crippen LogP contribution in [-0.4, -0.2) is 17.5 Å². The van der Waals surface area contributed by atoms with Crippen molar-refractivity contribution in [2.45, 2.75) is 51.5 Å². The van der Waals surface area contributed by atoms with E-state index in [-0.39, 0.29) is 0 Å². The van der Waals surface area contributed by atoms with E-state index < -0.39 is 0 Å². The lowest BCUT2D eigenvalue weighted by molar-refractivity contribution is 0.318. The van der Waals surface area contributed by atoms with E-state index in [9.17, 15) is 0 Å². The van der Waals surface area contributed by atoms with Gasteiger partial charge in [0.2, 0.25) is 0 Å². The first kappa shape index (κ1) is 8.15. The first-order valence-corrected chi connectivity index (χ1v) is 5.33. The summed E-state index contributed by atoms with van der Waals surface area (Å²) in [6.07, 6.45) is 10.7. The summed E-state index contributed by atoms with van der Waals surface area (Å²) in [7, 11) is 0. The van der Waals surface area contributed by atoms with Crippen molar-refractivity contribution in [2.24, 2.45) is 0 Å². The Labute approximate surface area is 75.4 Å². The summed E-state index contributed by atoms with van der Waals surface area (Å²) in [5.74, 6) is 0. The lowest BCUT2D eigenvalue weighted by Crippen LogP contribution is -2.26. The van der Waals surface area contributed by atoms with Crippen LogP contribution in [0.1, 0.15) is 45.4 Å². The molecule has 1 aliphatic carbocycles. The number of allylic oxidation sites excluding steroid dienone is 2. The number of hydrogen-bond donors (Lipinski definition) is 0. The Morgan fingerprint density at radius 1 is 1.33 bits per heavy atom. The molecule has 12 heavy (non-hydrogen) atoms. The highest BCUT2D eigenvalue weighted by Crippen LogP contribution is 2.27. The average molecular weight is 165 g/mol. The summed E-state index contributed by atoms with van der Waals surface area (Å²) in [4.78, 5) is 2.62. The monoisotopic (exact) mass is 165 g/mol. The van der Waals surface area contributed by atoms with Crippen molar-refractivity contribution < 1.29 is 0 Å². The number of rotatable bonds is 1. The van der Waals surface area contributed by atoms with Crippen molar-refractivity contribution >= 4 is 0 Å². The molecule has 0 saturated carbocycles. The van der Waals surface area contributed by atoms with E-state index in [1.165, 1.54) is 45.1 Å². The van der Waals surface area contributed by atoms with Gasteiger partial charge in [-0.25, -0.2) is 0 Å². The maximum absolute atomic E-state index is 2.62. The second-order valence-electron chi connectivity index (χ2n) is 4.13. The van der Waals surface area contributed by atoms with Crippen LogP contribution >= 0.6 is 0 Å². The van der Waals surface area contributed by atoms with Crippen molar-refractivity contribution in [1.29, 1.82) is 0 Å². The van der Waals surface area contributed by atoms with Crippen LogP contribution in [0.2, 0.25) is 0 Å². The zero-order valence-corrected chi connectivity index (χ0v) is 8.05. The van der Waals surface area contributed by atoms with Crippen LogP contribution in [0, 0.1) is 0 Å². The van der Waals surface area contributed by atoms with Crippen LogP contribution in [0.5, 0.6) is 0 Å². The van der Waals surface area contributed by atoms with Gasteiger partial charge in [-0.3, -0.25) is 0 Å². The Morgan fingerprint density at radius 3 is 2.83 bits per heavy atom. The Morgan fingerprint density at radius 2 is 2.25 bits per heavy atom. The van der Waals surface area contributed by atoms with Crippen LogP contribution in [0.25, 0.3) is 0 Å². The first-order chi connectivity index (χ1) is 5.88. The highest BCUT2D eigenvalue weighted by atomic mass is 15.2. The molecule has 0 aromatic heterocycles. The molecule has 68 valence electrons. The average Bonchev–Trinajstić information content (AvgIpc) is 2.53. The largest absolute Gasteiger partial charge is 0.372 e. The second kappa shape index (κ2) is 3.51. The van der Waals surface area contributed by atoms with Crippen LogP contribution < -0.4 is 0 Å². The van der Waals surface area contributed by atoms with Gasteiger partial charge >= 0.3 is 0 Å². The topological polar surface area (TPSA) is 3.24 Å². The third-order valence-corrected chi connectivity index (χ3v) is 3.19. The normalized spacial score (nSPS) is 30.6. The molecule has 0 amide bonds. The van der Waals surface area contributed by atoms with Gasteiger partial charge in [-0.15, -0.1) is 0 Å². The van der Waals surface area contributed by atoms with Crippen LogP contribution in [0.15, 0.2) is 11.8 Å². The zero-order valence-electron chi connectivity index (χ0n) is 8.05. The SMILES string of the molecule is CC1CCCN1C1=CCCCC1. The molecule has 1 heteroatoms. The molecule has 1 nitrogen and oxygen atoms in total. The van der Waals surface area contributed by atoms with Gasteiger partial charge in [-0.1, -0.05) is 6.08 Å². The van der Waals surface area contributed by atoms with E-state index >= 15 is 0 Å². The predicted octanol–water partition coefficient (Wildman–Crippen LogP) is 2.93. The van der Waals surface area contributed by atoms with Gasteiger partial charge in [0.1, 0.15) is 0 Å². The maximum atomic E-state index is 2.62. The second-order valence-corrected chi connectivity index (χ2v) is 4.13. The molecule has 1 fully saturated rings. The van der Waals surface area contributed by atoms with Crippen molar-refractivity contribution in [3.8, 4) is 0 Å². The van der Waals surface area contributed by atoms with E-state index in [4.69, 9.17) is 0 Å². The maximum Gasteiger partial charge on any atom is 0.0259 e. The molecule has 0 radical (unpaired) electrons. The van der Waals surface area contributed by atoms with Crippen molar-refractivity contribution in [2.75, 3.05) is 6.54 Å². The quantitative estimate of drug-likeness (QED) is 0.577. The highest BCUT2D eigenvalue weighted by Gasteiger charge is 2.22. The molecule has 2 rings (SSSR count). The summed E-state index contributed by atoms with van der Waals surface area (Å²) in [5, 5.41) is 0. The summed E-state index contributed by atoms with van der Waals surface area (Å²) < 4.78 is 0. The number of nitrogens with zero attached hydrogens (tertiary/aromatic N) is 1. The van der Waals surface area contributed by atoms with Gasteiger partial charge in [-0.2, -0.15) is 0 Å². The van der Waals surface area contributed by atoms with Crippen LogP contribution in [-0.2, 0) is 0 Å². The molecular weight excluding hydrogens is 146 g/mol. The van der Waals surface area contributed by atoms with Gasteiger partial charge in [0.05, 0.1) is 0 Å². The van der Waals surface area contributed by atoms with Crippen LogP contribution in [0.3, 0.4) is 0 Å². The summed E-state index contributed by atoms with van der Waals surface area (Å²) in [6.45, 7) is 3.68. The van der Waals surface area contributed by atoms with E-state index in [0.717, 1.165) is 6.04 Å². The van der Waals surface area contributed by atoms with Crippen molar-refractivity contribution in [3.63, 3.8) is 0 Å². The molecular formula is C11H19N. The molecule has 0 spiro atoms. The third kappa shape index (κ3) is 1.50. The minimum Gasteiger partial charge on any atom is -0.372 e. The molecule has 0 bridgehead atoms. The fourth-order valence-corrected chi connectivity index (χ4v) is 2.44. The lowest BCUT2D eigenvalue weighted by Gasteiger charge is -2.28. The summed E-state index contributed by atoms with van der Waals surface area (Å²) >= 11 is 0. The minimum atomic E-state index is 0.814. The Bertz CT molecular complexity index is 183. The molecule has 0 aromatic rings. The Balaban J connectivity index is 2.02. The lowest BCUT2D eigenvalue weighted by atomic mass is 10.0. The Hall–Kier alpha value is -0.460. The van der Waals surface area contributed by atoms with E-state index in [0.29, 0.717) is 0 Å². The molecule has 1 heterocycles. The molecule has 1 saturated heterocycles. The standard InChI is InChI=1S/C11H19N/c1-10-6-5-9-12(10)11-7-3-2-4-8-11/h7,10H,2-6,8-9H2,1H3. The molecule has 1 aliphatic heterocycles. The van der Waals surface area contributed by atoms with E-state index in [2.05, 4.69) is 17.9 Å². The summed E-state index contributed by atoms with van der Waals surface area (Å²) in [6, 6.07) is 0.814. The fraction of sp³-hybridized carbons (Fsp3) is 0.818. The molecule has 0 N–H and O–H groups in total. The van der Waals surface area contributed by atoms with E-state index in [1.807, 2.05) is 0 Å². The van der Waals surface area contributed by atoms with Gasteiger partial charge in [0.25, 0.3) is 0 Å². The van der Waals surface area contributed by atoms with E-state index in [1.54, 1.807) is 5.70 Å². The first-order valence-electron chi connectivity index (χ1n) is 5.33. The van der Waals surface area contributed by atoms with Gasteiger partial charge in [0.15, 0.2) is 0 Å². The minimum absolute atomic E-state index is 0.814. The number of hydrogen-bond acceptors (Lipinski definition) is 1. The molecule has 2 aliphatic rings. The fourth-order valence-electron chi connectivity index (χ4n) is 2.44. The van der Waals surface area contributed by atoms with Gasteiger partial charge in [0, 0.05) is 18.3 Å². The van der Waals surface area contributed by atoms with Gasteiger partial charge < -0.3 is 4.90 Å². The molecule has 1 atom stereocenters. The third-order valence-electron chi connectivity index (χ3n) is 3.19. The smallest absolute Gasteiger partial charge is 0.0259 e. The van der Waals surface area contributed by atoms with Gasteiger partial charge in [-0.05, 0) is 45.4 Å². The summed E-state index contributed by atoms with van der Waals surface area (Å²) in [5.41, 5.74) is 1.64. The van der Waals surface area contributed by atoms with Crippen LogP contribution in [0.4, 0.5) is 0 Å². The van der Waals surface area contributed by atoms with Crippen molar-refractivity contribution in [1.82, 2.24) is 4.90 Å². The number of likely N-dealkylation sites (tertiary alicyclic amines) is 1. The van der Waals surface area contributed by atoms with Crippen molar-refractivity contribution in [3.05, 3.63) is 11.8 Å². The Kier molecular flexibility index (Phi) is 2.38. The molecule has 1 unspecified atom stereocenters. The molecule has 0 aromatic carbocycles.